The third-order valence-electron chi connectivity index (χ3n) is 0. The van der Waals surface area contributed by atoms with Crippen LogP contribution in [0.3, 0.4) is 0 Å². The van der Waals surface area contributed by atoms with Crippen molar-refractivity contribution < 1.29 is 92.2 Å². The zero-order valence-electron chi connectivity index (χ0n) is 4.50. The smallest absolute Gasteiger partial charge is 1.00 e. The second-order valence-corrected chi connectivity index (χ2v) is 0. The average molecular weight is 240 g/mol. The van der Waals surface area contributed by atoms with E-state index in [1.807, 2.05) is 0 Å². The molecule has 0 bridgehead atoms. The summed E-state index contributed by atoms with van der Waals surface area (Å²) < 4.78 is 0. The average Bonchev–Trinajstić information content (AvgIpc) is 0. The van der Waals surface area contributed by atoms with Crippen molar-refractivity contribution >= 4 is 13.5 Å². The summed E-state index contributed by atoms with van der Waals surface area (Å²) in [5, 5.41) is 0. The SMILES string of the molecule is O.O.O.O.S.[Cs+].[H-]. The van der Waals surface area contributed by atoms with E-state index in [0.717, 1.165) is 0 Å². The molecular weight excluding hydrogens is 229 g/mol. The van der Waals surface area contributed by atoms with Crippen molar-refractivity contribution in [3.63, 3.8) is 0 Å². The Morgan fingerprint density at radius 3 is 0.667 bits per heavy atom. The van der Waals surface area contributed by atoms with Crippen molar-refractivity contribution in [3.05, 3.63) is 0 Å². The van der Waals surface area contributed by atoms with Gasteiger partial charge in [-0.2, -0.15) is 13.5 Å². The van der Waals surface area contributed by atoms with Crippen LogP contribution in [0, 0.1) is 0 Å². The topological polar surface area (TPSA) is 126 Å². The van der Waals surface area contributed by atoms with E-state index in [2.05, 4.69) is 0 Å². The molecule has 0 radical (unpaired) electrons. The first kappa shape index (κ1) is 86.0. The predicted octanol–water partition coefficient (Wildman–Crippen LogP) is -6.07. The fourth-order valence-electron chi connectivity index (χ4n) is 0. The van der Waals surface area contributed by atoms with Gasteiger partial charge in [-0.3, -0.25) is 0 Å². The molecule has 0 aromatic carbocycles. The second-order valence-electron chi connectivity index (χ2n) is 0. The van der Waals surface area contributed by atoms with Gasteiger partial charge in [-0.1, -0.05) is 0 Å². The van der Waals surface area contributed by atoms with E-state index in [0.29, 0.717) is 0 Å². The summed E-state index contributed by atoms with van der Waals surface area (Å²) in [6, 6.07) is 0. The first-order valence-corrected chi connectivity index (χ1v) is 0. The first-order valence-electron chi connectivity index (χ1n) is 0. The van der Waals surface area contributed by atoms with Gasteiger partial charge in [-0.05, 0) is 0 Å². The van der Waals surface area contributed by atoms with Crippen LogP contribution in [0.1, 0.15) is 1.43 Å². The zero-order chi connectivity index (χ0) is 0. The Morgan fingerprint density at radius 1 is 0.667 bits per heavy atom. The predicted molar refractivity (Wildman–Crippen MR) is 25.9 cm³/mol. The van der Waals surface area contributed by atoms with E-state index >= 15 is 0 Å². The zero-order valence-corrected chi connectivity index (χ0v) is 10.8. The molecule has 6 heteroatoms. The summed E-state index contributed by atoms with van der Waals surface area (Å²) >= 11 is 0. The van der Waals surface area contributed by atoms with Gasteiger partial charge < -0.3 is 23.3 Å². The Balaban J connectivity index is 0. The molecule has 0 saturated heterocycles. The van der Waals surface area contributed by atoms with Crippen LogP contribution in [0.4, 0.5) is 0 Å². The number of hydrogen-bond acceptors (Lipinski definition) is 0. The molecule has 0 amide bonds. The summed E-state index contributed by atoms with van der Waals surface area (Å²) in [7, 11) is 0. The molecule has 0 aromatic rings. The van der Waals surface area contributed by atoms with Gasteiger partial charge in [-0.25, -0.2) is 0 Å². The van der Waals surface area contributed by atoms with E-state index < -0.39 is 0 Å². The maximum absolute atomic E-state index is 0. The van der Waals surface area contributed by atoms with E-state index in [9.17, 15) is 0 Å². The van der Waals surface area contributed by atoms with Crippen molar-refractivity contribution in [1.29, 1.82) is 0 Å². The summed E-state index contributed by atoms with van der Waals surface area (Å²) in [6.45, 7) is 0. The molecule has 0 aliphatic carbocycles. The summed E-state index contributed by atoms with van der Waals surface area (Å²) in [6.07, 6.45) is 0. The summed E-state index contributed by atoms with van der Waals surface area (Å²) in [5.74, 6) is 0. The molecule has 0 aliphatic heterocycles. The molecule has 0 spiro atoms. The normalized spacial score (nSPS) is 0. The number of hydrogen-bond donors (Lipinski definition) is 0. The van der Waals surface area contributed by atoms with Crippen molar-refractivity contribution in [1.82, 2.24) is 0 Å². The van der Waals surface area contributed by atoms with Gasteiger partial charge in [0.25, 0.3) is 0 Å². The molecule has 0 rings (SSSR count). The number of rotatable bonds is 0. The van der Waals surface area contributed by atoms with Crippen LogP contribution in [0.15, 0.2) is 0 Å². The van der Waals surface area contributed by atoms with Gasteiger partial charge in [0.05, 0.1) is 0 Å². The van der Waals surface area contributed by atoms with Crippen molar-refractivity contribution in [2.75, 3.05) is 0 Å². The molecule has 0 aromatic heterocycles. The molecule has 0 fully saturated rings. The second kappa shape index (κ2) is 56.1. The van der Waals surface area contributed by atoms with Gasteiger partial charge in [0.15, 0.2) is 0 Å². The largest absolute Gasteiger partial charge is 1.00 e. The minimum Gasteiger partial charge on any atom is -1.00 e. The van der Waals surface area contributed by atoms with Gasteiger partial charge in [-0.15, -0.1) is 0 Å². The van der Waals surface area contributed by atoms with E-state index in [4.69, 9.17) is 0 Å². The molecule has 0 atom stereocenters. The molecule has 0 unspecified atom stereocenters. The Labute approximate surface area is 103 Å². The minimum absolute atomic E-state index is 0. The van der Waals surface area contributed by atoms with Crippen LogP contribution in [0.25, 0.3) is 0 Å². The fraction of sp³-hybridized carbons (Fsp3) is 0. The van der Waals surface area contributed by atoms with Gasteiger partial charge in [0, 0.05) is 0 Å². The van der Waals surface area contributed by atoms with Crippen LogP contribution in [0.2, 0.25) is 0 Å². The molecule has 42 valence electrons. The van der Waals surface area contributed by atoms with Crippen LogP contribution in [-0.4, -0.2) is 21.9 Å². The third-order valence-corrected chi connectivity index (χ3v) is 0. The molecule has 0 heterocycles. The molecule has 4 nitrogen and oxygen atoms in total. The Kier molecular flexibility index (Phi) is 805. The van der Waals surface area contributed by atoms with Crippen LogP contribution >= 0.6 is 13.5 Å². The molecule has 8 N–H and O–H groups in total. The van der Waals surface area contributed by atoms with Crippen molar-refractivity contribution in [3.8, 4) is 0 Å². The minimum atomic E-state index is 0. The third kappa shape index (κ3) is 34.1. The van der Waals surface area contributed by atoms with E-state index in [1.165, 1.54) is 0 Å². The molecular formula is H11CsO4S. The summed E-state index contributed by atoms with van der Waals surface area (Å²) in [5.41, 5.74) is 0. The fourth-order valence-corrected chi connectivity index (χ4v) is 0. The van der Waals surface area contributed by atoms with Crippen molar-refractivity contribution in [2.45, 2.75) is 0 Å². The quantitative estimate of drug-likeness (QED) is 0.399. The van der Waals surface area contributed by atoms with Crippen LogP contribution in [-0.2, 0) is 0 Å². The molecule has 0 aliphatic rings. The van der Waals surface area contributed by atoms with E-state index in [1.54, 1.807) is 0 Å². The molecule has 0 saturated carbocycles. The van der Waals surface area contributed by atoms with Gasteiger partial charge >= 0.3 is 68.9 Å². The van der Waals surface area contributed by atoms with Crippen molar-refractivity contribution in [2.24, 2.45) is 0 Å². The van der Waals surface area contributed by atoms with Crippen LogP contribution in [0.5, 0.6) is 0 Å². The Morgan fingerprint density at radius 2 is 0.667 bits per heavy atom. The standard InChI is InChI=1S/Cs.4H2O.H2S.H/h;5*1H2;/q+1;;;;;;-1. The maximum atomic E-state index is 0. The first-order chi connectivity index (χ1) is 0. The van der Waals surface area contributed by atoms with Gasteiger partial charge in [0.2, 0.25) is 0 Å². The van der Waals surface area contributed by atoms with Gasteiger partial charge in [0.1, 0.15) is 0 Å². The summed E-state index contributed by atoms with van der Waals surface area (Å²) in [4.78, 5) is 0. The van der Waals surface area contributed by atoms with Crippen LogP contribution < -0.4 is 68.9 Å². The molecule has 6 heavy (non-hydrogen) atoms. The monoisotopic (exact) mass is 240 g/mol. The maximum Gasteiger partial charge on any atom is 1.00 e. The Bertz CT molecular complexity index is 11.7. The Hall–Kier alpha value is 2.24. The van der Waals surface area contributed by atoms with E-state index in [-0.39, 0.29) is 106 Å².